The van der Waals surface area contributed by atoms with E-state index in [0.29, 0.717) is 6.61 Å². The maximum atomic E-state index is 10.5. The Morgan fingerprint density at radius 3 is 2.06 bits per heavy atom. The van der Waals surface area contributed by atoms with E-state index in [2.05, 4.69) is 70.2 Å². The van der Waals surface area contributed by atoms with Gasteiger partial charge in [0.2, 0.25) is 0 Å². The minimum absolute atomic E-state index is 0.130. The van der Waals surface area contributed by atoms with Crippen LogP contribution >= 0.6 is 8.60 Å². The molecule has 2 aromatic rings. The molecule has 0 bridgehead atoms. The number of aryl methyl sites for hydroxylation is 3. The molecule has 0 saturated carbocycles. The van der Waals surface area contributed by atoms with Crippen LogP contribution in [0.4, 0.5) is 0 Å². The monoisotopic (exact) mass is 472 g/mol. The van der Waals surface area contributed by atoms with E-state index in [4.69, 9.17) is 9.05 Å². The summed E-state index contributed by atoms with van der Waals surface area (Å²) in [7, 11) is -1.93. The molecule has 2 unspecified atom stereocenters. The zero-order valence-corrected chi connectivity index (χ0v) is 22.2. The normalized spacial score (nSPS) is 13.2. The Balaban J connectivity index is 1.78. The van der Waals surface area contributed by atoms with Gasteiger partial charge in [0.25, 0.3) is 0 Å². The average molecular weight is 473 g/mol. The zero-order valence-electron chi connectivity index (χ0n) is 21.3. The molecule has 33 heavy (non-hydrogen) atoms. The van der Waals surface area contributed by atoms with Gasteiger partial charge in [-0.25, -0.2) is 0 Å². The smallest absolute Gasteiger partial charge is 0.328 e. The van der Waals surface area contributed by atoms with Crippen molar-refractivity contribution < 1.29 is 13.9 Å². The number of rotatable bonds is 17. The summed E-state index contributed by atoms with van der Waals surface area (Å²) in [4.78, 5) is 10.5. The van der Waals surface area contributed by atoms with Crippen molar-refractivity contribution in [3.63, 3.8) is 0 Å². The summed E-state index contributed by atoms with van der Waals surface area (Å²) in [5, 5.41) is 0. The van der Waals surface area contributed by atoms with Crippen molar-refractivity contribution in [2.45, 2.75) is 111 Å². The van der Waals surface area contributed by atoms with Gasteiger partial charge < -0.3 is 13.9 Å². The van der Waals surface area contributed by atoms with Gasteiger partial charge in [0, 0.05) is 0 Å². The van der Waals surface area contributed by atoms with E-state index < -0.39 is 8.60 Å². The Morgan fingerprint density at radius 1 is 0.788 bits per heavy atom. The molecule has 2 aromatic carbocycles. The first-order chi connectivity index (χ1) is 16.0. The van der Waals surface area contributed by atoms with Gasteiger partial charge >= 0.3 is 8.60 Å². The van der Waals surface area contributed by atoms with E-state index >= 15 is 0 Å². The highest BCUT2D eigenvalue weighted by Gasteiger charge is 2.19. The fourth-order valence-corrected chi connectivity index (χ4v) is 4.99. The molecule has 184 valence electrons. The summed E-state index contributed by atoms with van der Waals surface area (Å²) < 4.78 is 11.8. The number of unbranched alkanes of at least 4 members (excludes halogenated alkanes) is 9. The lowest BCUT2D eigenvalue weighted by Crippen LogP contribution is -2.04. The molecule has 0 aliphatic rings. The van der Waals surface area contributed by atoms with Gasteiger partial charge in [-0.05, 0) is 43.9 Å². The SMILES string of the molecule is CCCCCCCCCCCCC(OP(O)OCc1ccc(C)cc1C)c1cccc(C)c1. The summed E-state index contributed by atoms with van der Waals surface area (Å²) >= 11 is 0. The van der Waals surface area contributed by atoms with Crippen molar-refractivity contribution in [3.8, 4) is 0 Å². The third-order valence-corrected chi connectivity index (χ3v) is 7.06. The second kappa shape index (κ2) is 16.4. The van der Waals surface area contributed by atoms with E-state index in [1.54, 1.807) is 0 Å². The van der Waals surface area contributed by atoms with E-state index in [-0.39, 0.29) is 6.10 Å². The highest BCUT2D eigenvalue weighted by molar-refractivity contribution is 7.40. The van der Waals surface area contributed by atoms with E-state index in [9.17, 15) is 4.89 Å². The maximum absolute atomic E-state index is 10.5. The maximum Gasteiger partial charge on any atom is 0.330 e. The van der Waals surface area contributed by atoms with Crippen molar-refractivity contribution >= 4 is 8.60 Å². The molecular formula is C29H45O3P. The zero-order chi connectivity index (χ0) is 23.9. The third kappa shape index (κ3) is 11.6. The minimum atomic E-state index is -1.93. The Labute approximate surface area is 203 Å². The van der Waals surface area contributed by atoms with Gasteiger partial charge in [-0.2, -0.15) is 0 Å². The summed E-state index contributed by atoms with van der Waals surface area (Å²) in [6.45, 7) is 8.89. The minimum Gasteiger partial charge on any atom is -0.328 e. The van der Waals surface area contributed by atoms with Crippen molar-refractivity contribution in [1.29, 1.82) is 0 Å². The fourth-order valence-electron chi connectivity index (χ4n) is 4.24. The van der Waals surface area contributed by atoms with Crippen molar-refractivity contribution in [3.05, 3.63) is 70.3 Å². The van der Waals surface area contributed by atoms with Gasteiger partial charge in [0.15, 0.2) is 0 Å². The molecule has 0 fully saturated rings. The largest absolute Gasteiger partial charge is 0.330 e. The fraction of sp³-hybridized carbons (Fsp3) is 0.586. The molecule has 2 rings (SSSR count). The summed E-state index contributed by atoms with van der Waals surface area (Å²) in [5.41, 5.74) is 5.84. The molecule has 0 aromatic heterocycles. The topological polar surface area (TPSA) is 38.7 Å². The third-order valence-electron chi connectivity index (χ3n) is 6.28. The summed E-state index contributed by atoms with van der Waals surface area (Å²) in [6, 6.07) is 14.7. The van der Waals surface area contributed by atoms with Crippen LogP contribution in [0.15, 0.2) is 42.5 Å². The molecule has 0 radical (unpaired) electrons. The van der Waals surface area contributed by atoms with Crippen LogP contribution in [0.5, 0.6) is 0 Å². The lowest BCUT2D eigenvalue weighted by atomic mass is 10.0. The first-order valence-electron chi connectivity index (χ1n) is 12.9. The second-order valence-corrected chi connectivity index (χ2v) is 10.4. The Hall–Kier alpha value is -1.25. The van der Waals surface area contributed by atoms with E-state index in [1.807, 2.05) is 0 Å². The molecule has 0 aliphatic heterocycles. The summed E-state index contributed by atoms with van der Waals surface area (Å²) in [5.74, 6) is 0. The van der Waals surface area contributed by atoms with Crippen LogP contribution in [0.2, 0.25) is 0 Å². The van der Waals surface area contributed by atoms with Gasteiger partial charge in [-0.1, -0.05) is 125 Å². The van der Waals surface area contributed by atoms with Gasteiger partial charge in [0.1, 0.15) is 0 Å². The molecule has 0 spiro atoms. The predicted molar refractivity (Wildman–Crippen MR) is 141 cm³/mol. The van der Waals surface area contributed by atoms with Crippen LogP contribution in [0.1, 0.15) is 111 Å². The van der Waals surface area contributed by atoms with Gasteiger partial charge in [-0.15, -0.1) is 0 Å². The molecule has 4 heteroatoms. The number of hydrogen-bond acceptors (Lipinski definition) is 3. The second-order valence-electron chi connectivity index (χ2n) is 9.42. The average Bonchev–Trinajstić information content (AvgIpc) is 2.79. The number of benzene rings is 2. The van der Waals surface area contributed by atoms with E-state index in [1.165, 1.54) is 74.5 Å². The Bertz CT molecular complexity index is 792. The highest BCUT2D eigenvalue weighted by atomic mass is 31.2. The van der Waals surface area contributed by atoms with Crippen molar-refractivity contribution in [2.24, 2.45) is 0 Å². The van der Waals surface area contributed by atoms with Gasteiger partial charge in [0.05, 0.1) is 12.7 Å². The first kappa shape index (κ1) is 28.0. The summed E-state index contributed by atoms with van der Waals surface area (Å²) in [6.07, 6.45) is 13.9. The molecule has 0 amide bonds. The number of hydrogen-bond donors (Lipinski definition) is 1. The molecule has 0 saturated heterocycles. The molecule has 0 heterocycles. The quantitative estimate of drug-likeness (QED) is 0.184. The van der Waals surface area contributed by atoms with Crippen LogP contribution < -0.4 is 0 Å². The Kier molecular flexibility index (Phi) is 13.9. The van der Waals surface area contributed by atoms with Crippen LogP contribution in [0.25, 0.3) is 0 Å². The van der Waals surface area contributed by atoms with Crippen LogP contribution in [-0.4, -0.2) is 4.89 Å². The van der Waals surface area contributed by atoms with Gasteiger partial charge in [-0.3, -0.25) is 0 Å². The Morgan fingerprint density at radius 2 is 1.42 bits per heavy atom. The van der Waals surface area contributed by atoms with E-state index in [0.717, 1.165) is 24.0 Å². The molecule has 3 nitrogen and oxygen atoms in total. The molecule has 1 N–H and O–H groups in total. The molecular weight excluding hydrogens is 427 g/mol. The first-order valence-corrected chi connectivity index (χ1v) is 14.0. The van der Waals surface area contributed by atoms with Crippen LogP contribution in [0, 0.1) is 20.8 Å². The predicted octanol–water partition coefficient (Wildman–Crippen LogP) is 9.42. The van der Waals surface area contributed by atoms with Crippen molar-refractivity contribution in [2.75, 3.05) is 0 Å². The highest BCUT2D eigenvalue weighted by Crippen LogP contribution is 2.42. The van der Waals surface area contributed by atoms with Crippen molar-refractivity contribution in [1.82, 2.24) is 0 Å². The lowest BCUT2D eigenvalue weighted by molar-refractivity contribution is 0.131. The van der Waals surface area contributed by atoms with Crippen LogP contribution in [0.3, 0.4) is 0 Å². The standard InChI is InChI=1S/C29H45O3P/c1-5-6-7-8-9-10-11-12-13-14-18-29(27-17-15-16-24(2)22-27)32-33(30)31-23-28-20-19-25(3)21-26(28)4/h15-17,19-22,29-30H,5-14,18,23H2,1-4H3. The lowest BCUT2D eigenvalue weighted by Gasteiger charge is -2.21. The molecule has 0 aliphatic carbocycles. The molecule has 2 atom stereocenters. The van der Waals surface area contributed by atoms with Crippen LogP contribution in [-0.2, 0) is 15.7 Å².